The van der Waals surface area contributed by atoms with Gasteiger partial charge in [-0.15, -0.1) is 0 Å². The third kappa shape index (κ3) is 5.49. The molecule has 0 heterocycles. The van der Waals surface area contributed by atoms with Gasteiger partial charge in [0.2, 0.25) is 0 Å². The molecule has 3 atom stereocenters. The van der Waals surface area contributed by atoms with Crippen LogP contribution in [0.4, 0.5) is 0 Å². The number of methoxy groups -OCH3 is 1. The van der Waals surface area contributed by atoms with E-state index in [0.29, 0.717) is 19.1 Å². The molecule has 4 nitrogen and oxygen atoms in total. The van der Waals surface area contributed by atoms with Crippen molar-refractivity contribution in [2.45, 2.75) is 50.7 Å². The van der Waals surface area contributed by atoms with Crippen molar-refractivity contribution >= 4 is 0 Å². The van der Waals surface area contributed by atoms with E-state index in [0.717, 1.165) is 19.4 Å². The number of nitrogens with zero attached hydrogens (tertiary/aromatic N) is 1. The van der Waals surface area contributed by atoms with E-state index in [9.17, 15) is 5.11 Å². The van der Waals surface area contributed by atoms with Gasteiger partial charge in [-0.05, 0) is 25.8 Å². The highest BCUT2D eigenvalue weighted by Crippen LogP contribution is 2.22. The van der Waals surface area contributed by atoms with Crippen molar-refractivity contribution < 1.29 is 9.84 Å². The number of aliphatic hydroxyl groups is 1. The van der Waals surface area contributed by atoms with Crippen molar-refractivity contribution in [3.8, 4) is 6.07 Å². The number of aliphatic hydroxyl groups excluding tert-OH is 1. The molecule has 0 saturated heterocycles. The van der Waals surface area contributed by atoms with Gasteiger partial charge in [-0.2, -0.15) is 5.26 Å². The van der Waals surface area contributed by atoms with Crippen LogP contribution in [0.1, 0.15) is 38.5 Å². The van der Waals surface area contributed by atoms with Crippen LogP contribution in [-0.2, 0) is 4.74 Å². The van der Waals surface area contributed by atoms with Crippen molar-refractivity contribution in [2.24, 2.45) is 5.92 Å². The summed E-state index contributed by atoms with van der Waals surface area (Å²) < 4.78 is 4.88. The molecule has 0 bridgehead atoms. The molecule has 1 saturated carbocycles. The molecule has 0 aliphatic heterocycles. The third-order valence-corrected chi connectivity index (χ3v) is 3.42. The summed E-state index contributed by atoms with van der Waals surface area (Å²) in [7, 11) is 1.59. The van der Waals surface area contributed by atoms with Crippen molar-refractivity contribution in [1.82, 2.24) is 5.32 Å². The molecule has 0 amide bonds. The Bertz CT molecular complexity index is 240. The fourth-order valence-electron chi connectivity index (χ4n) is 2.42. The van der Waals surface area contributed by atoms with Gasteiger partial charge >= 0.3 is 0 Å². The van der Waals surface area contributed by atoms with E-state index in [1.165, 1.54) is 19.3 Å². The van der Waals surface area contributed by atoms with Crippen LogP contribution in [0.3, 0.4) is 0 Å². The SMILES string of the molecule is COCC(O)CCNC1CCCCCC1C#N. The molecule has 98 valence electrons. The van der Waals surface area contributed by atoms with Crippen LogP contribution in [0.2, 0.25) is 0 Å². The Morgan fingerprint density at radius 1 is 1.41 bits per heavy atom. The van der Waals surface area contributed by atoms with Crippen molar-refractivity contribution in [3.05, 3.63) is 0 Å². The van der Waals surface area contributed by atoms with Crippen LogP contribution >= 0.6 is 0 Å². The molecule has 0 radical (unpaired) electrons. The van der Waals surface area contributed by atoms with Gasteiger partial charge in [-0.25, -0.2) is 0 Å². The zero-order chi connectivity index (χ0) is 12.5. The van der Waals surface area contributed by atoms with Gasteiger partial charge in [0.25, 0.3) is 0 Å². The van der Waals surface area contributed by atoms with Crippen molar-refractivity contribution in [3.63, 3.8) is 0 Å². The lowest BCUT2D eigenvalue weighted by Gasteiger charge is -2.21. The molecule has 0 aromatic heterocycles. The van der Waals surface area contributed by atoms with Crippen molar-refractivity contribution in [1.29, 1.82) is 5.26 Å². The zero-order valence-corrected chi connectivity index (χ0v) is 10.7. The predicted molar refractivity (Wildman–Crippen MR) is 66.5 cm³/mol. The van der Waals surface area contributed by atoms with E-state index < -0.39 is 6.10 Å². The van der Waals surface area contributed by atoms with E-state index in [-0.39, 0.29) is 5.92 Å². The van der Waals surface area contributed by atoms with Crippen LogP contribution < -0.4 is 5.32 Å². The first-order chi connectivity index (χ1) is 8.27. The van der Waals surface area contributed by atoms with Gasteiger partial charge in [0.15, 0.2) is 0 Å². The summed E-state index contributed by atoms with van der Waals surface area (Å²) in [5.41, 5.74) is 0. The Kier molecular flexibility index (Phi) is 7.18. The number of rotatable bonds is 6. The molecule has 0 aromatic rings. The average Bonchev–Trinajstić information content (AvgIpc) is 2.54. The highest BCUT2D eigenvalue weighted by molar-refractivity contribution is 4.93. The maximum atomic E-state index is 9.53. The second-order valence-corrected chi connectivity index (χ2v) is 4.83. The number of hydrogen-bond donors (Lipinski definition) is 2. The highest BCUT2D eigenvalue weighted by Gasteiger charge is 2.22. The van der Waals surface area contributed by atoms with Gasteiger partial charge in [-0.1, -0.05) is 19.3 Å². The fourth-order valence-corrected chi connectivity index (χ4v) is 2.42. The molecule has 1 aliphatic rings. The normalized spacial score (nSPS) is 27.1. The number of nitrogens with one attached hydrogen (secondary N) is 1. The number of nitriles is 1. The second kappa shape index (κ2) is 8.46. The first-order valence-electron chi connectivity index (χ1n) is 6.58. The minimum absolute atomic E-state index is 0.136. The van der Waals surface area contributed by atoms with Crippen LogP contribution in [0.5, 0.6) is 0 Å². The Balaban J connectivity index is 2.25. The quantitative estimate of drug-likeness (QED) is 0.690. The fraction of sp³-hybridized carbons (Fsp3) is 0.923. The molecular weight excluding hydrogens is 216 g/mol. The molecule has 0 spiro atoms. The summed E-state index contributed by atoms with van der Waals surface area (Å²) in [5.74, 6) is 0.136. The summed E-state index contributed by atoms with van der Waals surface area (Å²) in [4.78, 5) is 0. The monoisotopic (exact) mass is 240 g/mol. The molecule has 2 N–H and O–H groups in total. The minimum atomic E-state index is -0.404. The van der Waals surface area contributed by atoms with Crippen molar-refractivity contribution in [2.75, 3.05) is 20.3 Å². The molecule has 1 rings (SSSR count). The molecule has 17 heavy (non-hydrogen) atoms. The standard InChI is InChI=1S/C13H24N2O2/c1-17-10-12(16)7-8-15-13-6-4-2-3-5-11(13)9-14/h11-13,15-16H,2-8,10H2,1H3. The van der Waals surface area contributed by atoms with Gasteiger partial charge in [0.1, 0.15) is 0 Å². The Labute approximate surface area is 104 Å². The topological polar surface area (TPSA) is 65.3 Å². The first kappa shape index (κ1) is 14.4. The molecule has 4 heteroatoms. The number of hydrogen-bond acceptors (Lipinski definition) is 4. The van der Waals surface area contributed by atoms with E-state index in [1.807, 2.05) is 0 Å². The van der Waals surface area contributed by atoms with Gasteiger partial charge in [0, 0.05) is 13.2 Å². The molecule has 3 unspecified atom stereocenters. The summed E-state index contributed by atoms with van der Waals surface area (Å²) in [6.07, 6.45) is 5.98. The average molecular weight is 240 g/mol. The maximum Gasteiger partial charge on any atom is 0.0785 e. The lowest BCUT2D eigenvalue weighted by molar-refractivity contribution is 0.0587. The molecule has 0 aromatic carbocycles. The van der Waals surface area contributed by atoms with Gasteiger partial charge < -0.3 is 15.2 Å². The highest BCUT2D eigenvalue weighted by atomic mass is 16.5. The summed E-state index contributed by atoms with van der Waals surface area (Å²) >= 11 is 0. The smallest absolute Gasteiger partial charge is 0.0785 e. The van der Waals surface area contributed by atoms with Gasteiger partial charge in [-0.3, -0.25) is 0 Å². The predicted octanol–water partition coefficient (Wildman–Crippen LogP) is 1.45. The molecule has 1 fully saturated rings. The zero-order valence-electron chi connectivity index (χ0n) is 10.7. The minimum Gasteiger partial charge on any atom is -0.391 e. The molecular formula is C13H24N2O2. The van der Waals surface area contributed by atoms with E-state index in [4.69, 9.17) is 10.00 Å². The molecule has 1 aliphatic carbocycles. The van der Waals surface area contributed by atoms with Crippen LogP contribution in [0.25, 0.3) is 0 Å². The lowest BCUT2D eigenvalue weighted by atomic mass is 9.96. The lowest BCUT2D eigenvalue weighted by Crippen LogP contribution is -2.37. The Hall–Kier alpha value is -0.630. The van der Waals surface area contributed by atoms with E-state index >= 15 is 0 Å². The summed E-state index contributed by atoms with van der Waals surface area (Å²) in [6.45, 7) is 1.14. The largest absolute Gasteiger partial charge is 0.391 e. The third-order valence-electron chi connectivity index (χ3n) is 3.42. The van der Waals surface area contributed by atoms with Crippen LogP contribution in [-0.4, -0.2) is 37.5 Å². The van der Waals surface area contributed by atoms with E-state index in [1.54, 1.807) is 7.11 Å². The Morgan fingerprint density at radius 3 is 2.88 bits per heavy atom. The first-order valence-corrected chi connectivity index (χ1v) is 6.58. The maximum absolute atomic E-state index is 9.53. The van der Waals surface area contributed by atoms with Crippen LogP contribution in [0.15, 0.2) is 0 Å². The Morgan fingerprint density at radius 2 is 2.18 bits per heavy atom. The summed E-state index contributed by atoms with van der Waals surface area (Å²) in [5, 5.41) is 22.1. The van der Waals surface area contributed by atoms with E-state index in [2.05, 4.69) is 11.4 Å². The van der Waals surface area contributed by atoms with Crippen LogP contribution in [0, 0.1) is 17.2 Å². The van der Waals surface area contributed by atoms with Gasteiger partial charge in [0.05, 0.1) is 24.7 Å². The second-order valence-electron chi connectivity index (χ2n) is 4.83. The number of ether oxygens (including phenoxy) is 1. The summed E-state index contributed by atoms with van der Waals surface area (Å²) in [6, 6.07) is 2.71.